The lowest BCUT2D eigenvalue weighted by Gasteiger charge is -2.37. The summed E-state index contributed by atoms with van der Waals surface area (Å²) in [6.45, 7) is 2.63. The standard InChI is InChI=1S/C16H21N3O5S/c1-12-2-3-14(10-12)18-9-8-17(11-16(18)20)25(23,24)15-6-4-13(5-7-15)19(21)22/h4-7,12,14H,2-3,8-11H2,1H3/t12-,14-/m0/s1. The first-order valence-electron chi connectivity index (χ1n) is 8.33. The van der Waals surface area contributed by atoms with Gasteiger partial charge in [0.15, 0.2) is 0 Å². The minimum absolute atomic E-state index is 0.0335. The molecule has 1 amide bonds. The Morgan fingerprint density at radius 3 is 2.36 bits per heavy atom. The number of amides is 1. The highest BCUT2D eigenvalue weighted by molar-refractivity contribution is 7.89. The Hall–Kier alpha value is -2.00. The number of nitrogens with zero attached hydrogens (tertiary/aromatic N) is 3. The second-order valence-electron chi connectivity index (χ2n) is 6.75. The fourth-order valence-electron chi connectivity index (χ4n) is 3.61. The molecule has 1 aliphatic heterocycles. The van der Waals surface area contributed by atoms with Crippen molar-refractivity contribution >= 4 is 21.6 Å². The highest BCUT2D eigenvalue weighted by Crippen LogP contribution is 2.30. The molecule has 1 aromatic carbocycles. The number of carbonyl (C=O) groups excluding carboxylic acids is 1. The summed E-state index contributed by atoms with van der Waals surface area (Å²) in [7, 11) is -3.83. The third-order valence-corrected chi connectivity index (χ3v) is 6.87. The average Bonchev–Trinajstić information content (AvgIpc) is 3.01. The van der Waals surface area contributed by atoms with Crippen LogP contribution in [0.4, 0.5) is 5.69 Å². The maximum atomic E-state index is 12.7. The van der Waals surface area contributed by atoms with Crippen molar-refractivity contribution in [1.82, 2.24) is 9.21 Å². The van der Waals surface area contributed by atoms with Crippen molar-refractivity contribution < 1.29 is 18.1 Å². The molecule has 8 nitrogen and oxygen atoms in total. The molecule has 0 unspecified atom stereocenters. The maximum Gasteiger partial charge on any atom is 0.269 e. The number of piperazine rings is 1. The Balaban J connectivity index is 1.72. The molecule has 0 aromatic heterocycles. The second-order valence-corrected chi connectivity index (χ2v) is 8.69. The van der Waals surface area contributed by atoms with Gasteiger partial charge in [-0.25, -0.2) is 8.42 Å². The summed E-state index contributed by atoms with van der Waals surface area (Å²) < 4.78 is 26.5. The third kappa shape index (κ3) is 3.52. The number of non-ortho nitro benzene ring substituents is 1. The predicted molar refractivity (Wildman–Crippen MR) is 90.4 cm³/mol. The third-order valence-electron chi connectivity index (χ3n) is 5.02. The number of sulfonamides is 1. The van der Waals surface area contributed by atoms with Gasteiger partial charge < -0.3 is 4.90 Å². The average molecular weight is 367 g/mol. The molecular weight excluding hydrogens is 346 g/mol. The maximum absolute atomic E-state index is 12.7. The van der Waals surface area contributed by atoms with Crippen molar-refractivity contribution in [2.24, 2.45) is 5.92 Å². The largest absolute Gasteiger partial charge is 0.337 e. The molecule has 0 bridgehead atoms. The summed E-state index contributed by atoms with van der Waals surface area (Å²) in [5.74, 6) is 0.426. The number of nitro groups is 1. The molecule has 1 saturated carbocycles. The molecule has 1 heterocycles. The molecule has 2 aliphatic rings. The molecule has 0 radical (unpaired) electrons. The van der Waals surface area contributed by atoms with Crippen molar-refractivity contribution in [3.63, 3.8) is 0 Å². The Bertz CT molecular complexity index is 777. The van der Waals surface area contributed by atoms with Gasteiger partial charge in [0.2, 0.25) is 15.9 Å². The number of benzene rings is 1. The van der Waals surface area contributed by atoms with Crippen LogP contribution in [-0.2, 0) is 14.8 Å². The molecule has 0 spiro atoms. The van der Waals surface area contributed by atoms with Crippen LogP contribution >= 0.6 is 0 Å². The van der Waals surface area contributed by atoms with Crippen molar-refractivity contribution in [1.29, 1.82) is 0 Å². The number of rotatable bonds is 4. The fraction of sp³-hybridized carbons (Fsp3) is 0.562. The number of hydrogen-bond donors (Lipinski definition) is 0. The molecular formula is C16H21N3O5S. The lowest BCUT2D eigenvalue weighted by molar-refractivity contribution is -0.384. The van der Waals surface area contributed by atoms with Gasteiger partial charge in [0.25, 0.3) is 5.69 Å². The number of nitro benzene ring substituents is 1. The lowest BCUT2D eigenvalue weighted by Crippen LogP contribution is -2.54. The minimum Gasteiger partial charge on any atom is -0.337 e. The van der Waals surface area contributed by atoms with Crippen LogP contribution in [0.15, 0.2) is 29.2 Å². The van der Waals surface area contributed by atoms with Gasteiger partial charge in [-0.2, -0.15) is 4.31 Å². The smallest absolute Gasteiger partial charge is 0.269 e. The van der Waals surface area contributed by atoms with Crippen molar-refractivity contribution in [2.75, 3.05) is 19.6 Å². The first-order valence-corrected chi connectivity index (χ1v) is 9.77. The van der Waals surface area contributed by atoms with E-state index in [1.165, 1.54) is 12.1 Å². The zero-order valence-electron chi connectivity index (χ0n) is 14.0. The van der Waals surface area contributed by atoms with Gasteiger partial charge in [-0.15, -0.1) is 0 Å². The molecule has 1 saturated heterocycles. The van der Waals surface area contributed by atoms with Gasteiger partial charge in [-0.05, 0) is 37.3 Å². The zero-order valence-corrected chi connectivity index (χ0v) is 14.8. The Morgan fingerprint density at radius 2 is 1.84 bits per heavy atom. The van der Waals surface area contributed by atoms with Crippen molar-refractivity contribution in [2.45, 2.75) is 37.1 Å². The summed E-state index contributed by atoms with van der Waals surface area (Å²) in [6, 6.07) is 4.95. The summed E-state index contributed by atoms with van der Waals surface area (Å²) in [5.41, 5.74) is -0.171. The molecule has 1 aliphatic carbocycles. The lowest BCUT2D eigenvalue weighted by atomic mass is 10.1. The molecule has 2 atom stereocenters. The van der Waals surface area contributed by atoms with E-state index in [1.54, 1.807) is 0 Å². The monoisotopic (exact) mass is 367 g/mol. The Morgan fingerprint density at radius 1 is 1.16 bits per heavy atom. The van der Waals surface area contributed by atoms with E-state index in [-0.39, 0.29) is 35.6 Å². The van der Waals surface area contributed by atoms with Crippen LogP contribution in [0.1, 0.15) is 26.2 Å². The fourth-order valence-corrected chi connectivity index (χ4v) is 4.99. The SMILES string of the molecule is C[C@H]1CC[C@H](N2CCN(S(=O)(=O)c3ccc([N+](=O)[O-])cc3)CC2=O)C1. The molecule has 3 rings (SSSR count). The van der Waals surface area contributed by atoms with E-state index in [4.69, 9.17) is 0 Å². The van der Waals surface area contributed by atoms with E-state index >= 15 is 0 Å². The predicted octanol–water partition coefficient (Wildman–Crippen LogP) is 1.62. The Labute approximate surface area is 146 Å². The van der Waals surface area contributed by atoms with Gasteiger partial charge in [-0.3, -0.25) is 14.9 Å². The highest BCUT2D eigenvalue weighted by atomic mass is 32.2. The van der Waals surface area contributed by atoms with E-state index < -0.39 is 14.9 Å². The van der Waals surface area contributed by atoms with Crippen LogP contribution in [-0.4, -0.2) is 54.1 Å². The van der Waals surface area contributed by atoms with Gasteiger partial charge in [0, 0.05) is 31.3 Å². The Kier molecular flexibility index (Phi) is 4.79. The molecule has 25 heavy (non-hydrogen) atoms. The van der Waals surface area contributed by atoms with Gasteiger partial charge in [-0.1, -0.05) is 6.92 Å². The summed E-state index contributed by atoms with van der Waals surface area (Å²) in [5, 5.41) is 10.7. The minimum atomic E-state index is -3.83. The normalized spacial score (nSPS) is 25.3. The molecule has 1 aromatic rings. The van der Waals surface area contributed by atoms with E-state index in [9.17, 15) is 23.3 Å². The van der Waals surface area contributed by atoms with E-state index in [0.29, 0.717) is 12.5 Å². The van der Waals surface area contributed by atoms with Gasteiger partial charge >= 0.3 is 0 Å². The van der Waals surface area contributed by atoms with Gasteiger partial charge in [0.05, 0.1) is 16.4 Å². The molecule has 2 fully saturated rings. The number of hydrogen-bond acceptors (Lipinski definition) is 5. The van der Waals surface area contributed by atoms with Crippen LogP contribution in [0, 0.1) is 16.0 Å². The summed E-state index contributed by atoms with van der Waals surface area (Å²) in [4.78, 5) is 24.3. The van der Waals surface area contributed by atoms with E-state index in [2.05, 4.69) is 6.92 Å². The summed E-state index contributed by atoms with van der Waals surface area (Å²) in [6.07, 6.45) is 3.04. The van der Waals surface area contributed by atoms with Crippen LogP contribution in [0.5, 0.6) is 0 Å². The van der Waals surface area contributed by atoms with Crippen molar-refractivity contribution in [3.8, 4) is 0 Å². The number of carbonyl (C=O) groups is 1. The first kappa shape index (κ1) is 17.8. The first-order chi connectivity index (χ1) is 11.8. The van der Waals surface area contributed by atoms with E-state index in [0.717, 1.165) is 35.7 Å². The molecule has 0 N–H and O–H groups in total. The van der Waals surface area contributed by atoms with Crippen LogP contribution < -0.4 is 0 Å². The van der Waals surface area contributed by atoms with Crippen LogP contribution in [0.25, 0.3) is 0 Å². The topological polar surface area (TPSA) is 101 Å². The van der Waals surface area contributed by atoms with Gasteiger partial charge in [0.1, 0.15) is 0 Å². The zero-order chi connectivity index (χ0) is 18.2. The van der Waals surface area contributed by atoms with Crippen molar-refractivity contribution in [3.05, 3.63) is 34.4 Å². The summed E-state index contributed by atoms with van der Waals surface area (Å²) >= 11 is 0. The quantitative estimate of drug-likeness (QED) is 0.594. The highest BCUT2D eigenvalue weighted by Gasteiger charge is 2.37. The van der Waals surface area contributed by atoms with Crippen LogP contribution in [0.3, 0.4) is 0 Å². The van der Waals surface area contributed by atoms with Crippen LogP contribution in [0.2, 0.25) is 0 Å². The molecule has 9 heteroatoms. The second kappa shape index (κ2) is 6.72. The van der Waals surface area contributed by atoms with E-state index in [1.807, 2.05) is 4.90 Å². The molecule has 136 valence electrons.